The second-order valence-corrected chi connectivity index (χ2v) is 6.52. The van der Waals surface area contributed by atoms with E-state index >= 15 is 0 Å². The lowest BCUT2D eigenvalue weighted by atomic mass is 10.2. The Balaban J connectivity index is 1.58. The highest BCUT2D eigenvalue weighted by Crippen LogP contribution is 2.17. The largest absolute Gasteiger partial charge is 0.497 e. The number of rotatable bonds is 9. The van der Waals surface area contributed by atoms with Gasteiger partial charge in [0.05, 0.1) is 13.7 Å². The first-order chi connectivity index (χ1) is 11.7. The van der Waals surface area contributed by atoms with Crippen molar-refractivity contribution in [1.82, 2.24) is 5.32 Å². The summed E-state index contributed by atoms with van der Waals surface area (Å²) in [6.45, 7) is 3.15. The fraction of sp³-hybridized carbons (Fsp3) is 0.316. The van der Waals surface area contributed by atoms with Gasteiger partial charge in [0.1, 0.15) is 12.4 Å². The fourth-order valence-electron chi connectivity index (χ4n) is 2.07. The molecule has 0 spiro atoms. The Hall–Kier alpha value is -1.98. The molecule has 0 atom stereocenters. The molecule has 0 aliphatic heterocycles. The second-order valence-electron chi connectivity index (χ2n) is 5.36. The van der Waals surface area contributed by atoms with Gasteiger partial charge in [-0.1, -0.05) is 29.8 Å². The van der Waals surface area contributed by atoms with Gasteiger partial charge in [0.15, 0.2) is 0 Å². The van der Waals surface area contributed by atoms with Crippen LogP contribution < -0.4 is 10.1 Å². The van der Waals surface area contributed by atoms with Crippen molar-refractivity contribution in [3.63, 3.8) is 0 Å². The minimum Gasteiger partial charge on any atom is -0.497 e. The minimum absolute atomic E-state index is 0.0619. The third-order valence-corrected chi connectivity index (χ3v) is 4.36. The topological polar surface area (TPSA) is 47.6 Å². The van der Waals surface area contributed by atoms with Gasteiger partial charge >= 0.3 is 0 Å². The van der Waals surface area contributed by atoms with Gasteiger partial charge in [-0.25, -0.2) is 0 Å². The van der Waals surface area contributed by atoms with Crippen molar-refractivity contribution in [2.75, 3.05) is 26.0 Å². The Labute approximate surface area is 147 Å². The van der Waals surface area contributed by atoms with Gasteiger partial charge in [0.2, 0.25) is 5.91 Å². The van der Waals surface area contributed by atoms with Crippen LogP contribution in [-0.4, -0.2) is 31.9 Å². The van der Waals surface area contributed by atoms with E-state index in [9.17, 15) is 4.79 Å². The molecule has 0 aromatic heterocycles. The highest BCUT2D eigenvalue weighted by atomic mass is 32.2. The molecule has 0 saturated carbocycles. The molecule has 0 aliphatic carbocycles. The van der Waals surface area contributed by atoms with Gasteiger partial charge in [-0.05, 0) is 36.8 Å². The third-order valence-electron chi connectivity index (χ3n) is 3.35. The number of thioether (sulfide) groups is 1. The lowest BCUT2D eigenvalue weighted by Gasteiger charge is -2.07. The predicted octanol–water partition coefficient (Wildman–Crippen LogP) is 3.43. The molecular formula is C19H23NO3S. The summed E-state index contributed by atoms with van der Waals surface area (Å²) in [6, 6.07) is 16.0. The number of aryl methyl sites for hydroxylation is 1. The molecule has 2 rings (SSSR count). The van der Waals surface area contributed by atoms with Crippen molar-refractivity contribution < 1.29 is 14.3 Å². The summed E-state index contributed by atoms with van der Waals surface area (Å²) in [5.41, 5.74) is 2.23. The quantitative estimate of drug-likeness (QED) is 0.559. The lowest BCUT2D eigenvalue weighted by molar-refractivity contribution is -0.125. The maximum absolute atomic E-state index is 11.7. The van der Waals surface area contributed by atoms with Crippen LogP contribution in [0, 0.1) is 6.92 Å². The normalized spacial score (nSPS) is 10.4. The first-order valence-corrected chi connectivity index (χ1v) is 8.83. The van der Waals surface area contributed by atoms with Crippen molar-refractivity contribution in [3.8, 4) is 5.75 Å². The molecule has 0 unspecified atom stereocenters. The maximum atomic E-state index is 11.7. The third kappa shape index (κ3) is 6.64. The monoisotopic (exact) mass is 345 g/mol. The molecule has 1 N–H and O–H groups in total. The molecule has 0 bridgehead atoms. The lowest BCUT2D eigenvalue weighted by Crippen LogP contribution is -2.29. The summed E-state index contributed by atoms with van der Waals surface area (Å²) in [4.78, 5) is 13.0. The van der Waals surface area contributed by atoms with E-state index in [0.717, 1.165) is 17.1 Å². The van der Waals surface area contributed by atoms with Gasteiger partial charge in [0.25, 0.3) is 0 Å². The number of carbonyl (C=O) groups is 1. The van der Waals surface area contributed by atoms with Crippen LogP contribution in [0.5, 0.6) is 5.75 Å². The molecule has 0 aliphatic rings. The van der Waals surface area contributed by atoms with E-state index in [4.69, 9.17) is 9.47 Å². The molecule has 24 heavy (non-hydrogen) atoms. The van der Waals surface area contributed by atoms with E-state index in [0.29, 0.717) is 13.2 Å². The molecule has 128 valence electrons. The van der Waals surface area contributed by atoms with Crippen LogP contribution in [0.2, 0.25) is 0 Å². The van der Waals surface area contributed by atoms with Gasteiger partial charge in [0, 0.05) is 17.2 Å². The predicted molar refractivity (Wildman–Crippen MR) is 97.6 cm³/mol. The molecule has 2 aromatic rings. The standard InChI is InChI=1S/C19H23NO3S/c1-15-6-8-18(9-7-15)24-11-10-20-19(21)14-23-13-16-4-3-5-17(12-16)22-2/h3-9,12H,10-11,13-14H2,1-2H3,(H,20,21). The molecule has 5 heteroatoms. The first kappa shape index (κ1) is 18.4. The number of benzene rings is 2. The second kappa shape index (κ2) is 10.0. The zero-order valence-electron chi connectivity index (χ0n) is 14.1. The van der Waals surface area contributed by atoms with E-state index in [1.807, 2.05) is 24.3 Å². The summed E-state index contributed by atoms with van der Waals surface area (Å²) in [5, 5.41) is 2.86. The Morgan fingerprint density at radius 1 is 1.17 bits per heavy atom. The van der Waals surface area contributed by atoms with Gasteiger partial charge in [-0.15, -0.1) is 11.8 Å². The molecule has 0 heterocycles. The van der Waals surface area contributed by atoms with Crippen molar-refractivity contribution in [2.24, 2.45) is 0 Å². The Morgan fingerprint density at radius 2 is 1.96 bits per heavy atom. The molecule has 4 nitrogen and oxygen atoms in total. The molecular weight excluding hydrogens is 322 g/mol. The van der Waals surface area contributed by atoms with Crippen LogP contribution in [0.1, 0.15) is 11.1 Å². The summed E-state index contributed by atoms with van der Waals surface area (Å²) in [5.74, 6) is 1.53. The van der Waals surface area contributed by atoms with Gasteiger partial charge in [-0.2, -0.15) is 0 Å². The van der Waals surface area contributed by atoms with E-state index in [2.05, 4.69) is 36.5 Å². The van der Waals surface area contributed by atoms with Crippen molar-refractivity contribution in [2.45, 2.75) is 18.4 Å². The van der Waals surface area contributed by atoms with Crippen molar-refractivity contribution in [1.29, 1.82) is 0 Å². The fourth-order valence-corrected chi connectivity index (χ4v) is 2.84. The number of methoxy groups -OCH3 is 1. The average Bonchev–Trinajstić information content (AvgIpc) is 2.60. The van der Waals surface area contributed by atoms with Crippen LogP contribution >= 0.6 is 11.8 Å². The SMILES string of the molecule is COc1cccc(COCC(=O)NCCSc2ccc(C)cc2)c1. The molecule has 0 radical (unpaired) electrons. The zero-order chi connectivity index (χ0) is 17.2. The number of nitrogens with one attached hydrogen (secondary N) is 1. The highest BCUT2D eigenvalue weighted by molar-refractivity contribution is 7.99. The number of hydrogen-bond acceptors (Lipinski definition) is 4. The number of amides is 1. The van der Waals surface area contributed by atoms with E-state index in [-0.39, 0.29) is 12.5 Å². The van der Waals surface area contributed by atoms with Crippen molar-refractivity contribution >= 4 is 17.7 Å². The highest BCUT2D eigenvalue weighted by Gasteiger charge is 2.02. The van der Waals surface area contributed by atoms with Crippen LogP contribution in [0.4, 0.5) is 0 Å². The number of ether oxygens (including phenoxy) is 2. The van der Waals surface area contributed by atoms with Crippen molar-refractivity contribution in [3.05, 3.63) is 59.7 Å². The Kier molecular flexibility index (Phi) is 7.65. The summed E-state index contributed by atoms with van der Waals surface area (Å²) >= 11 is 1.73. The zero-order valence-corrected chi connectivity index (χ0v) is 14.9. The Morgan fingerprint density at radius 3 is 2.71 bits per heavy atom. The molecule has 2 aromatic carbocycles. The van der Waals surface area contributed by atoms with Crippen LogP contribution in [0.25, 0.3) is 0 Å². The Bertz CT molecular complexity index is 643. The maximum Gasteiger partial charge on any atom is 0.246 e. The minimum atomic E-state index is -0.0950. The average molecular weight is 345 g/mol. The van der Waals surface area contributed by atoms with E-state index in [1.165, 1.54) is 10.5 Å². The first-order valence-electron chi connectivity index (χ1n) is 7.84. The number of carbonyl (C=O) groups excluding carboxylic acids is 1. The molecule has 1 amide bonds. The van der Waals surface area contributed by atoms with Crippen LogP contribution in [0.15, 0.2) is 53.4 Å². The smallest absolute Gasteiger partial charge is 0.246 e. The van der Waals surface area contributed by atoms with Crippen LogP contribution in [-0.2, 0) is 16.1 Å². The van der Waals surface area contributed by atoms with Crippen LogP contribution in [0.3, 0.4) is 0 Å². The number of hydrogen-bond donors (Lipinski definition) is 1. The summed E-state index contributed by atoms with van der Waals surface area (Å²) in [6.07, 6.45) is 0. The molecule has 0 fully saturated rings. The summed E-state index contributed by atoms with van der Waals surface area (Å²) in [7, 11) is 1.63. The van der Waals surface area contributed by atoms with Gasteiger partial charge < -0.3 is 14.8 Å². The van der Waals surface area contributed by atoms with Gasteiger partial charge in [-0.3, -0.25) is 4.79 Å². The summed E-state index contributed by atoms with van der Waals surface area (Å²) < 4.78 is 10.6. The molecule has 0 saturated heterocycles. The van der Waals surface area contributed by atoms with E-state index < -0.39 is 0 Å². The van der Waals surface area contributed by atoms with E-state index in [1.54, 1.807) is 18.9 Å².